The van der Waals surface area contributed by atoms with Gasteiger partial charge in [0.25, 0.3) is 0 Å². The molecule has 1 fully saturated rings. The van der Waals surface area contributed by atoms with Crippen LogP contribution in [-0.2, 0) is 19.5 Å². The van der Waals surface area contributed by atoms with Gasteiger partial charge >= 0.3 is 5.69 Å². The predicted octanol–water partition coefficient (Wildman–Crippen LogP) is 5.64. The largest absolute Gasteiger partial charge is 0.346 e. The van der Waals surface area contributed by atoms with E-state index in [4.69, 9.17) is 5.10 Å². The first-order valence-corrected chi connectivity index (χ1v) is 13.8. The van der Waals surface area contributed by atoms with E-state index in [1.54, 1.807) is 4.68 Å². The van der Waals surface area contributed by atoms with Crippen molar-refractivity contribution in [2.45, 2.75) is 84.2 Å². The van der Waals surface area contributed by atoms with Crippen molar-refractivity contribution in [1.82, 2.24) is 35.0 Å². The zero-order valence-electron chi connectivity index (χ0n) is 21.8. The van der Waals surface area contributed by atoms with Gasteiger partial charge in [-0.2, -0.15) is 5.10 Å². The first-order chi connectivity index (χ1) is 18.2. The van der Waals surface area contributed by atoms with Gasteiger partial charge in [-0.25, -0.2) is 14.6 Å². The van der Waals surface area contributed by atoms with E-state index in [0.29, 0.717) is 18.3 Å². The Morgan fingerprint density at radius 2 is 1.73 bits per heavy atom. The lowest BCUT2D eigenvalue weighted by atomic mass is 9.89. The Morgan fingerprint density at radius 3 is 2.46 bits per heavy atom. The van der Waals surface area contributed by atoms with Crippen molar-refractivity contribution in [3.63, 3.8) is 0 Å². The van der Waals surface area contributed by atoms with E-state index in [9.17, 15) is 4.79 Å². The number of rotatable bonds is 11. The molecular weight excluding hydrogens is 462 g/mol. The molecule has 2 heterocycles. The van der Waals surface area contributed by atoms with Crippen molar-refractivity contribution < 1.29 is 0 Å². The second-order valence-electron chi connectivity index (χ2n) is 10.3. The summed E-state index contributed by atoms with van der Waals surface area (Å²) in [5.74, 6) is 2.13. The van der Waals surface area contributed by atoms with Crippen molar-refractivity contribution in [2.24, 2.45) is 5.92 Å². The van der Waals surface area contributed by atoms with Crippen LogP contribution in [0.3, 0.4) is 0 Å². The zero-order chi connectivity index (χ0) is 25.5. The molecule has 0 atom stereocenters. The quantitative estimate of drug-likeness (QED) is 0.269. The van der Waals surface area contributed by atoms with Gasteiger partial charge in [-0.3, -0.25) is 4.57 Å². The minimum atomic E-state index is 0.0308. The van der Waals surface area contributed by atoms with E-state index in [2.05, 4.69) is 57.9 Å². The highest BCUT2D eigenvalue weighted by atomic mass is 16.2. The lowest BCUT2D eigenvalue weighted by molar-refractivity contribution is 0.303. The lowest BCUT2D eigenvalue weighted by Gasteiger charge is -2.20. The minimum absolute atomic E-state index is 0.0308. The zero-order valence-corrected chi connectivity index (χ0v) is 21.8. The summed E-state index contributed by atoms with van der Waals surface area (Å²) >= 11 is 0. The highest BCUT2D eigenvalue weighted by molar-refractivity contribution is 5.80. The van der Waals surface area contributed by atoms with Gasteiger partial charge in [0.2, 0.25) is 0 Å². The highest BCUT2D eigenvalue weighted by Gasteiger charge is 2.19. The van der Waals surface area contributed by atoms with Gasteiger partial charge in [-0.05, 0) is 52.3 Å². The predicted molar refractivity (Wildman–Crippen MR) is 145 cm³/mol. The molecule has 1 N–H and O–H groups in total. The fraction of sp³-hybridized carbons (Fsp3) is 0.483. The third-order valence-electron chi connectivity index (χ3n) is 7.54. The number of aromatic nitrogens is 7. The molecule has 0 unspecified atom stereocenters. The summed E-state index contributed by atoms with van der Waals surface area (Å²) < 4.78 is 3.65. The second kappa shape index (κ2) is 12.1. The van der Waals surface area contributed by atoms with Crippen molar-refractivity contribution >= 4 is 0 Å². The molecule has 5 rings (SSSR count). The summed E-state index contributed by atoms with van der Waals surface area (Å²) in [7, 11) is 0. The number of benzene rings is 2. The molecular formula is C29H37N7O. The second-order valence-corrected chi connectivity index (χ2v) is 10.3. The van der Waals surface area contributed by atoms with Crippen LogP contribution in [0, 0.1) is 5.92 Å². The molecule has 1 saturated carbocycles. The molecule has 194 valence electrons. The van der Waals surface area contributed by atoms with Crippen LogP contribution in [0.15, 0.2) is 53.3 Å². The van der Waals surface area contributed by atoms with E-state index >= 15 is 0 Å². The van der Waals surface area contributed by atoms with Crippen molar-refractivity contribution in [3.05, 3.63) is 70.4 Å². The Labute approximate surface area is 218 Å². The monoisotopic (exact) mass is 499 g/mol. The maximum Gasteiger partial charge on any atom is 0.346 e. The van der Waals surface area contributed by atoms with Crippen LogP contribution in [-0.4, -0.2) is 35.0 Å². The van der Waals surface area contributed by atoms with Gasteiger partial charge in [0.1, 0.15) is 5.82 Å². The average Bonchev–Trinajstić information content (AvgIpc) is 3.57. The fourth-order valence-corrected chi connectivity index (χ4v) is 5.46. The maximum atomic E-state index is 13.5. The van der Waals surface area contributed by atoms with Gasteiger partial charge in [0, 0.05) is 18.5 Å². The van der Waals surface area contributed by atoms with E-state index < -0.39 is 0 Å². The number of nitrogens with zero attached hydrogens (tertiary/aromatic N) is 6. The topological polar surface area (TPSA) is 94.3 Å². The van der Waals surface area contributed by atoms with Crippen LogP contribution in [0.2, 0.25) is 0 Å². The molecule has 1 aliphatic rings. The minimum Gasteiger partial charge on any atom is -0.274 e. The number of unbranched alkanes of at least 4 members (excludes halogenated alkanes) is 3. The summed E-state index contributed by atoms with van der Waals surface area (Å²) in [5.41, 5.74) is 4.22. The van der Waals surface area contributed by atoms with Crippen LogP contribution in [0.4, 0.5) is 0 Å². The average molecular weight is 500 g/mol. The van der Waals surface area contributed by atoms with E-state index in [1.165, 1.54) is 51.4 Å². The molecule has 0 amide bonds. The number of hydrogen-bond donors (Lipinski definition) is 1. The third-order valence-corrected chi connectivity index (χ3v) is 7.54. The molecule has 0 aliphatic heterocycles. The third kappa shape index (κ3) is 6.06. The fourth-order valence-electron chi connectivity index (χ4n) is 5.46. The molecule has 8 nitrogen and oxygen atoms in total. The molecule has 0 spiro atoms. The van der Waals surface area contributed by atoms with Crippen molar-refractivity contribution in [3.8, 4) is 22.5 Å². The SMILES string of the molecule is CCCCCCc1nn(CC2CCCCC2)c(=O)n1Cc1ccc(-c2ccccc2-c2nnn[nH]2)cc1. The first-order valence-electron chi connectivity index (χ1n) is 13.8. The van der Waals surface area contributed by atoms with Crippen molar-refractivity contribution in [1.29, 1.82) is 0 Å². The normalized spacial score (nSPS) is 14.3. The van der Waals surface area contributed by atoms with Crippen molar-refractivity contribution in [2.75, 3.05) is 0 Å². The number of tetrazole rings is 1. The summed E-state index contributed by atoms with van der Waals surface area (Å²) in [4.78, 5) is 13.5. The lowest BCUT2D eigenvalue weighted by Crippen LogP contribution is -2.29. The van der Waals surface area contributed by atoms with Crippen LogP contribution < -0.4 is 5.69 Å². The molecule has 1 aliphatic carbocycles. The van der Waals surface area contributed by atoms with E-state index in [1.807, 2.05) is 22.8 Å². The Bertz CT molecular complexity index is 1320. The Hall–Kier alpha value is -3.55. The van der Waals surface area contributed by atoms with Crippen LogP contribution >= 0.6 is 0 Å². The Kier molecular flexibility index (Phi) is 8.23. The summed E-state index contributed by atoms with van der Waals surface area (Å²) in [6, 6.07) is 16.5. The van der Waals surface area contributed by atoms with Crippen LogP contribution in [0.25, 0.3) is 22.5 Å². The summed E-state index contributed by atoms with van der Waals surface area (Å²) in [6.07, 6.45) is 11.8. The molecule has 2 aromatic heterocycles. The maximum absolute atomic E-state index is 13.5. The van der Waals surface area contributed by atoms with Gasteiger partial charge in [0.15, 0.2) is 5.82 Å². The number of H-pyrrole nitrogens is 1. The van der Waals surface area contributed by atoms with Gasteiger partial charge in [-0.15, -0.1) is 5.10 Å². The molecule has 4 aromatic rings. The Balaban J connectivity index is 1.37. The highest BCUT2D eigenvalue weighted by Crippen LogP contribution is 2.30. The van der Waals surface area contributed by atoms with Gasteiger partial charge < -0.3 is 0 Å². The molecule has 0 radical (unpaired) electrons. The molecule has 8 heteroatoms. The number of hydrogen-bond acceptors (Lipinski definition) is 5. The molecule has 0 bridgehead atoms. The molecule has 37 heavy (non-hydrogen) atoms. The van der Waals surface area contributed by atoms with Crippen LogP contribution in [0.5, 0.6) is 0 Å². The molecule has 2 aromatic carbocycles. The number of aryl methyl sites for hydroxylation is 1. The van der Waals surface area contributed by atoms with Gasteiger partial charge in [-0.1, -0.05) is 94.0 Å². The van der Waals surface area contributed by atoms with E-state index in [0.717, 1.165) is 47.5 Å². The standard InChI is InChI=1S/C29H37N7O/c1-2-3-4-8-15-27-32-36(21-22-11-6-5-7-12-22)29(37)35(27)20-23-16-18-24(19-17-23)25-13-9-10-14-26(25)28-30-33-34-31-28/h9-10,13-14,16-19,22H,2-8,11-12,15,20-21H2,1H3,(H,30,31,33,34). The van der Waals surface area contributed by atoms with E-state index in [-0.39, 0.29) is 5.69 Å². The number of aromatic amines is 1. The summed E-state index contributed by atoms with van der Waals surface area (Å²) in [5, 5.41) is 19.2. The Morgan fingerprint density at radius 1 is 0.946 bits per heavy atom. The van der Waals surface area contributed by atoms with Crippen LogP contribution in [0.1, 0.15) is 76.1 Å². The van der Waals surface area contributed by atoms with Gasteiger partial charge in [0.05, 0.1) is 6.54 Å². The summed E-state index contributed by atoms with van der Waals surface area (Å²) in [6.45, 7) is 3.51. The number of nitrogens with one attached hydrogen (secondary N) is 1. The smallest absolute Gasteiger partial charge is 0.274 e. The molecule has 0 saturated heterocycles. The first kappa shape index (κ1) is 25.1.